The lowest BCUT2D eigenvalue weighted by Crippen LogP contribution is -2.37. The van der Waals surface area contributed by atoms with Crippen LogP contribution in [0.4, 0.5) is 4.39 Å². The highest BCUT2D eigenvalue weighted by molar-refractivity contribution is 5.36. The lowest BCUT2D eigenvalue weighted by atomic mass is 9.82. The van der Waals surface area contributed by atoms with Crippen LogP contribution in [0.5, 0.6) is 0 Å². The number of hydrogen-bond donors (Lipinski definition) is 1. The molecule has 1 heterocycles. The van der Waals surface area contributed by atoms with Crippen LogP contribution in [0, 0.1) is 5.82 Å². The monoisotopic (exact) mass is 230 g/mol. The van der Waals surface area contributed by atoms with Crippen LogP contribution in [0.2, 0.25) is 0 Å². The Kier molecular flexibility index (Phi) is 3.20. The summed E-state index contributed by atoms with van der Waals surface area (Å²) in [4.78, 5) is 4.09. The van der Waals surface area contributed by atoms with E-state index in [1.54, 1.807) is 24.5 Å². The maximum atomic E-state index is 12.9. The number of halogens is 1. The Morgan fingerprint density at radius 2 is 1.88 bits per heavy atom. The third kappa shape index (κ3) is 2.19. The van der Waals surface area contributed by atoms with E-state index in [2.05, 4.69) is 4.98 Å². The SMILES string of the molecule is CCC(N)(c1ccc(F)cc1)c1cccnc1. The van der Waals surface area contributed by atoms with Gasteiger partial charge in [-0.05, 0) is 35.7 Å². The molecule has 1 aromatic carbocycles. The van der Waals surface area contributed by atoms with Crippen molar-refractivity contribution >= 4 is 0 Å². The maximum absolute atomic E-state index is 12.9. The number of hydrogen-bond acceptors (Lipinski definition) is 2. The number of aromatic nitrogens is 1. The summed E-state index contributed by atoms with van der Waals surface area (Å²) in [6.07, 6.45) is 4.20. The average molecular weight is 230 g/mol. The zero-order chi connectivity index (χ0) is 12.3. The molecule has 17 heavy (non-hydrogen) atoms. The number of rotatable bonds is 3. The Morgan fingerprint density at radius 3 is 2.41 bits per heavy atom. The van der Waals surface area contributed by atoms with Gasteiger partial charge >= 0.3 is 0 Å². The molecule has 3 heteroatoms. The molecule has 0 aliphatic heterocycles. The van der Waals surface area contributed by atoms with Gasteiger partial charge in [0, 0.05) is 12.4 Å². The van der Waals surface area contributed by atoms with Crippen molar-refractivity contribution in [1.29, 1.82) is 0 Å². The molecule has 2 nitrogen and oxygen atoms in total. The van der Waals surface area contributed by atoms with E-state index in [-0.39, 0.29) is 5.82 Å². The Morgan fingerprint density at radius 1 is 1.18 bits per heavy atom. The van der Waals surface area contributed by atoms with E-state index in [9.17, 15) is 4.39 Å². The van der Waals surface area contributed by atoms with Crippen molar-refractivity contribution in [2.45, 2.75) is 18.9 Å². The van der Waals surface area contributed by atoms with Crippen molar-refractivity contribution < 1.29 is 4.39 Å². The quantitative estimate of drug-likeness (QED) is 0.880. The van der Waals surface area contributed by atoms with Crippen molar-refractivity contribution in [3.8, 4) is 0 Å². The van der Waals surface area contributed by atoms with E-state index in [0.717, 1.165) is 17.5 Å². The van der Waals surface area contributed by atoms with Gasteiger partial charge in [-0.3, -0.25) is 4.98 Å². The third-order valence-corrected chi connectivity index (χ3v) is 3.09. The van der Waals surface area contributed by atoms with Crippen molar-refractivity contribution in [1.82, 2.24) is 4.98 Å². The van der Waals surface area contributed by atoms with E-state index >= 15 is 0 Å². The second-order valence-electron chi connectivity index (χ2n) is 4.07. The van der Waals surface area contributed by atoms with Gasteiger partial charge in [0.25, 0.3) is 0 Å². The predicted octanol–water partition coefficient (Wildman–Crippen LogP) is 2.83. The molecule has 88 valence electrons. The second-order valence-corrected chi connectivity index (χ2v) is 4.07. The van der Waals surface area contributed by atoms with Crippen molar-refractivity contribution in [3.63, 3.8) is 0 Å². The largest absolute Gasteiger partial charge is 0.318 e. The average Bonchev–Trinajstić information content (AvgIpc) is 2.40. The fourth-order valence-electron chi connectivity index (χ4n) is 1.95. The van der Waals surface area contributed by atoms with E-state index in [4.69, 9.17) is 5.73 Å². The summed E-state index contributed by atoms with van der Waals surface area (Å²) in [5.74, 6) is -0.251. The molecule has 2 N–H and O–H groups in total. The molecule has 0 saturated heterocycles. The Labute approximate surface area is 100 Å². The zero-order valence-corrected chi connectivity index (χ0v) is 9.73. The van der Waals surface area contributed by atoms with Crippen molar-refractivity contribution in [2.24, 2.45) is 5.73 Å². The first-order valence-corrected chi connectivity index (χ1v) is 5.62. The van der Waals surface area contributed by atoms with E-state index in [0.29, 0.717) is 0 Å². The van der Waals surface area contributed by atoms with Gasteiger partial charge in [0.05, 0.1) is 5.54 Å². The minimum absolute atomic E-state index is 0.251. The highest BCUT2D eigenvalue weighted by Gasteiger charge is 2.27. The molecule has 0 spiro atoms. The number of nitrogens with two attached hydrogens (primary N) is 1. The predicted molar refractivity (Wildman–Crippen MR) is 65.9 cm³/mol. The Balaban J connectivity index is 2.48. The molecule has 1 aromatic heterocycles. The molecule has 0 saturated carbocycles. The normalized spacial score (nSPS) is 14.3. The topological polar surface area (TPSA) is 38.9 Å². The van der Waals surface area contributed by atoms with Gasteiger partial charge in [-0.1, -0.05) is 25.1 Å². The third-order valence-electron chi connectivity index (χ3n) is 3.09. The van der Waals surface area contributed by atoms with Gasteiger partial charge < -0.3 is 5.73 Å². The molecule has 0 amide bonds. The van der Waals surface area contributed by atoms with Crippen LogP contribution in [0.3, 0.4) is 0 Å². The fourth-order valence-corrected chi connectivity index (χ4v) is 1.95. The highest BCUT2D eigenvalue weighted by atomic mass is 19.1. The summed E-state index contributed by atoms with van der Waals surface area (Å²) in [6.45, 7) is 2.01. The molecule has 2 rings (SSSR count). The van der Waals surface area contributed by atoms with Crippen LogP contribution in [0.1, 0.15) is 24.5 Å². The van der Waals surface area contributed by atoms with E-state index in [1.165, 1.54) is 12.1 Å². The summed E-state index contributed by atoms with van der Waals surface area (Å²) in [5, 5.41) is 0. The maximum Gasteiger partial charge on any atom is 0.123 e. The first-order valence-electron chi connectivity index (χ1n) is 5.62. The molecule has 0 fully saturated rings. The lowest BCUT2D eigenvalue weighted by molar-refractivity contribution is 0.515. The van der Waals surface area contributed by atoms with E-state index < -0.39 is 5.54 Å². The van der Waals surface area contributed by atoms with Gasteiger partial charge in [-0.2, -0.15) is 0 Å². The lowest BCUT2D eigenvalue weighted by Gasteiger charge is -2.29. The number of pyridine rings is 1. The molecule has 0 radical (unpaired) electrons. The summed E-state index contributed by atoms with van der Waals surface area (Å²) >= 11 is 0. The number of benzene rings is 1. The summed E-state index contributed by atoms with van der Waals surface area (Å²) in [5.41, 5.74) is 7.65. The van der Waals surface area contributed by atoms with Gasteiger partial charge in [-0.15, -0.1) is 0 Å². The van der Waals surface area contributed by atoms with Crippen LogP contribution < -0.4 is 5.73 Å². The number of nitrogens with zero attached hydrogens (tertiary/aromatic N) is 1. The molecule has 0 aliphatic carbocycles. The molecule has 0 aliphatic rings. The second kappa shape index (κ2) is 4.63. The molecule has 1 atom stereocenters. The molecular weight excluding hydrogens is 215 g/mol. The minimum atomic E-state index is -0.609. The standard InChI is InChI=1S/C14H15FN2/c1-2-14(16,12-4-3-9-17-10-12)11-5-7-13(15)8-6-11/h3-10H,2,16H2,1H3. The summed E-state index contributed by atoms with van der Waals surface area (Å²) in [6, 6.07) is 10.1. The zero-order valence-electron chi connectivity index (χ0n) is 9.73. The van der Waals surface area contributed by atoms with Crippen molar-refractivity contribution in [2.75, 3.05) is 0 Å². The van der Waals surface area contributed by atoms with Gasteiger partial charge in [0.1, 0.15) is 5.82 Å². The molecule has 2 aromatic rings. The fraction of sp³-hybridized carbons (Fsp3) is 0.214. The van der Waals surface area contributed by atoms with Gasteiger partial charge in [0.15, 0.2) is 0 Å². The summed E-state index contributed by atoms with van der Waals surface area (Å²) in [7, 11) is 0. The molecule has 0 bridgehead atoms. The Hall–Kier alpha value is -1.74. The van der Waals surface area contributed by atoms with Crippen LogP contribution in [0.15, 0.2) is 48.8 Å². The smallest absolute Gasteiger partial charge is 0.123 e. The van der Waals surface area contributed by atoms with E-state index in [1.807, 2.05) is 19.1 Å². The first kappa shape index (κ1) is 11.7. The highest BCUT2D eigenvalue weighted by Crippen LogP contribution is 2.29. The van der Waals surface area contributed by atoms with Crippen LogP contribution in [-0.4, -0.2) is 4.98 Å². The van der Waals surface area contributed by atoms with Gasteiger partial charge in [0.2, 0.25) is 0 Å². The Bertz CT molecular complexity index is 481. The van der Waals surface area contributed by atoms with Crippen LogP contribution in [-0.2, 0) is 5.54 Å². The van der Waals surface area contributed by atoms with Crippen molar-refractivity contribution in [3.05, 3.63) is 65.7 Å². The van der Waals surface area contributed by atoms with Crippen LogP contribution in [0.25, 0.3) is 0 Å². The van der Waals surface area contributed by atoms with Crippen LogP contribution >= 0.6 is 0 Å². The minimum Gasteiger partial charge on any atom is -0.318 e. The van der Waals surface area contributed by atoms with Gasteiger partial charge in [-0.25, -0.2) is 4.39 Å². The first-order chi connectivity index (χ1) is 8.16. The molecular formula is C14H15FN2. The summed E-state index contributed by atoms with van der Waals surface area (Å²) < 4.78 is 12.9. The molecule has 1 unspecified atom stereocenters.